The Bertz CT molecular complexity index is 1140. The molecule has 0 saturated heterocycles. The van der Waals surface area contributed by atoms with E-state index < -0.39 is 52.4 Å². The zero-order chi connectivity index (χ0) is 33.2. The van der Waals surface area contributed by atoms with Gasteiger partial charge in [-0.25, -0.2) is 4.79 Å². The van der Waals surface area contributed by atoms with Crippen molar-refractivity contribution in [1.82, 2.24) is 15.5 Å². The summed E-state index contributed by atoms with van der Waals surface area (Å²) in [6.07, 6.45) is 3.75. The lowest BCUT2D eigenvalue weighted by molar-refractivity contribution is -0.154. The average molecular weight is 600 g/mol. The number of esters is 2. The van der Waals surface area contributed by atoms with Gasteiger partial charge in [-0.05, 0) is 52.0 Å². The maximum absolute atomic E-state index is 14.1. The van der Waals surface area contributed by atoms with E-state index in [1.807, 2.05) is 65.0 Å². The maximum Gasteiger partial charge on any atom is 0.333 e. The third kappa shape index (κ3) is 11.6. The largest absolute Gasteiger partial charge is 0.463 e. The molecule has 0 saturated carbocycles. The van der Waals surface area contributed by atoms with Crippen molar-refractivity contribution in [2.45, 2.75) is 105 Å². The quantitative estimate of drug-likeness (QED) is 0.181. The predicted molar refractivity (Wildman–Crippen MR) is 170 cm³/mol. The van der Waals surface area contributed by atoms with Gasteiger partial charge in [-0.3, -0.25) is 19.7 Å². The summed E-state index contributed by atoms with van der Waals surface area (Å²) in [6, 6.07) is 7.22. The predicted octanol–water partition coefficient (Wildman–Crippen LogP) is 4.71. The molecule has 1 aromatic carbocycles. The first-order valence-corrected chi connectivity index (χ1v) is 14.8. The van der Waals surface area contributed by atoms with Gasteiger partial charge in [0.25, 0.3) is 0 Å². The van der Waals surface area contributed by atoms with E-state index in [0.717, 1.165) is 5.56 Å². The molecule has 2 N–H and O–H groups in total. The van der Waals surface area contributed by atoms with E-state index in [4.69, 9.17) is 9.47 Å². The minimum Gasteiger partial charge on any atom is -0.463 e. The Balaban J connectivity index is 3.43. The number of hydrogen-bond acceptors (Lipinski definition) is 7. The Morgan fingerprint density at radius 2 is 1.56 bits per heavy atom. The molecule has 1 aromatic rings. The second-order valence-corrected chi connectivity index (χ2v) is 13.4. The van der Waals surface area contributed by atoms with Crippen LogP contribution in [0.25, 0.3) is 0 Å². The van der Waals surface area contributed by atoms with Gasteiger partial charge in [0.15, 0.2) is 0 Å². The molecule has 0 fully saturated rings. The summed E-state index contributed by atoms with van der Waals surface area (Å²) >= 11 is 0. The Labute approximate surface area is 258 Å². The molecule has 0 aliphatic heterocycles. The Morgan fingerprint density at radius 1 is 0.977 bits per heavy atom. The smallest absolute Gasteiger partial charge is 0.333 e. The Morgan fingerprint density at radius 3 is 2.05 bits per heavy atom. The molecule has 0 heterocycles. The van der Waals surface area contributed by atoms with E-state index >= 15 is 0 Å². The van der Waals surface area contributed by atoms with Gasteiger partial charge in [0.05, 0.1) is 25.2 Å². The van der Waals surface area contributed by atoms with Crippen molar-refractivity contribution in [2.24, 2.45) is 5.41 Å². The summed E-state index contributed by atoms with van der Waals surface area (Å²) in [5.74, 6) is -1.71. The van der Waals surface area contributed by atoms with Gasteiger partial charge in [-0.15, -0.1) is 6.58 Å². The summed E-state index contributed by atoms with van der Waals surface area (Å²) in [5.41, 5.74) is -0.863. The molecule has 240 valence electrons. The van der Waals surface area contributed by atoms with Gasteiger partial charge >= 0.3 is 11.9 Å². The summed E-state index contributed by atoms with van der Waals surface area (Å²) in [4.78, 5) is 54.5. The topological polar surface area (TPSA) is 114 Å². The van der Waals surface area contributed by atoms with Crippen molar-refractivity contribution >= 4 is 23.8 Å². The van der Waals surface area contributed by atoms with E-state index in [-0.39, 0.29) is 19.1 Å². The van der Waals surface area contributed by atoms with Crippen LogP contribution in [-0.4, -0.2) is 72.6 Å². The van der Waals surface area contributed by atoms with Crippen LogP contribution in [0.3, 0.4) is 0 Å². The fourth-order valence-electron chi connectivity index (χ4n) is 4.62. The van der Waals surface area contributed by atoms with Gasteiger partial charge in [0.2, 0.25) is 11.8 Å². The lowest BCUT2D eigenvalue weighted by Crippen LogP contribution is -2.62. The van der Waals surface area contributed by atoms with Gasteiger partial charge < -0.3 is 19.7 Å². The number of benzene rings is 1. The third-order valence-electron chi connectivity index (χ3n) is 7.06. The second-order valence-electron chi connectivity index (χ2n) is 13.4. The lowest BCUT2D eigenvalue weighted by atomic mass is 9.76. The first kappa shape index (κ1) is 37.6. The minimum atomic E-state index is -0.925. The molecule has 2 unspecified atom stereocenters. The van der Waals surface area contributed by atoms with E-state index in [9.17, 15) is 19.2 Å². The van der Waals surface area contributed by atoms with Crippen molar-refractivity contribution in [1.29, 1.82) is 0 Å². The standard InChI is InChI=1S/C34H53N3O6/c1-13-18-25(21-23(3)31(41)42-14-2)37(12)30(40)28(32(4,5)6)36-29(39)27(35-22-26(38)43-33(7,8)9)34(10,11)24-19-16-15-17-20-24/h13,15-17,19-21,25,27-28,35H,1,14,18,22H2,2-12H3,(H,36,39)/b23-21+/t25-,27?,28?/m0/s1. The van der Waals surface area contributed by atoms with Crippen molar-refractivity contribution in [3.05, 3.63) is 60.2 Å². The van der Waals surface area contributed by atoms with Crippen molar-refractivity contribution < 1.29 is 28.7 Å². The van der Waals surface area contributed by atoms with Crippen LogP contribution < -0.4 is 10.6 Å². The SMILES string of the molecule is C=CC[C@@H](/C=C(\C)C(=O)OCC)N(C)C(=O)C(NC(=O)C(NCC(=O)OC(C)(C)C)C(C)(C)c1ccccc1)C(C)(C)C. The lowest BCUT2D eigenvalue weighted by Gasteiger charge is -2.39. The molecule has 9 nitrogen and oxygen atoms in total. The van der Waals surface area contributed by atoms with Gasteiger partial charge in [0, 0.05) is 18.0 Å². The summed E-state index contributed by atoms with van der Waals surface area (Å²) < 4.78 is 10.6. The Kier molecular flexibility index (Phi) is 13.8. The first-order chi connectivity index (χ1) is 19.8. The van der Waals surface area contributed by atoms with Gasteiger partial charge in [-0.2, -0.15) is 0 Å². The van der Waals surface area contributed by atoms with Crippen molar-refractivity contribution in [3.8, 4) is 0 Å². The number of ether oxygens (including phenoxy) is 2. The second kappa shape index (κ2) is 15.8. The number of carbonyl (C=O) groups is 4. The Hall–Kier alpha value is -3.46. The highest BCUT2D eigenvalue weighted by atomic mass is 16.6. The number of hydrogen-bond donors (Lipinski definition) is 2. The fraction of sp³-hybridized carbons (Fsp3) is 0.588. The number of nitrogens with zero attached hydrogens (tertiary/aromatic N) is 1. The highest BCUT2D eigenvalue weighted by molar-refractivity contribution is 5.92. The van der Waals surface area contributed by atoms with Gasteiger partial charge in [-0.1, -0.05) is 77.1 Å². The van der Waals surface area contributed by atoms with Crippen LogP contribution in [0.2, 0.25) is 0 Å². The van der Waals surface area contributed by atoms with E-state index in [0.29, 0.717) is 12.0 Å². The van der Waals surface area contributed by atoms with E-state index in [1.54, 1.807) is 53.8 Å². The van der Waals surface area contributed by atoms with Crippen LogP contribution >= 0.6 is 0 Å². The van der Waals surface area contributed by atoms with Crippen LogP contribution in [0.5, 0.6) is 0 Å². The minimum absolute atomic E-state index is 0.195. The molecule has 43 heavy (non-hydrogen) atoms. The number of amides is 2. The number of likely N-dealkylation sites (N-methyl/N-ethyl adjacent to an activating group) is 1. The van der Waals surface area contributed by atoms with Crippen LogP contribution in [0, 0.1) is 5.41 Å². The molecule has 0 aromatic heterocycles. The number of nitrogens with one attached hydrogen (secondary N) is 2. The third-order valence-corrected chi connectivity index (χ3v) is 7.06. The van der Waals surface area contributed by atoms with Crippen LogP contribution in [0.15, 0.2) is 54.6 Å². The van der Waals surface area contributed by atoms with Crippen molar-refractivity contribution in [2.75, 3.05) is 20.2 Å². The highest BCUT2D eigenvalue weighted by Gasteiger charge is 2.42. The van der Waals surface area contributed by atoms with Crippen LogP contribution in [-0.2, 0) is 34.1 Å². The molecule has 1 rings (SSSR count). The first-order valence-electron chi connectivity index (χ1n) is 14.8. The molecule has 0 spiro atoms. The normalized spacial score (nSPS) is 14.6. The van der Waals surface area contributed by atoms with E-state index in [1.165, 1.54) is 4.90 Å². The summed E-state index contributed by atoms with van der Waals surface area (Å²) in [6.45, 7) is 22.0. The summed E-state index contributed by atoms with van der Waals surface area (Å²) in [7, 11) is 1.64. The molecule has 0 aliphatic rings. The fourth-order valence-corrected chi connectivity index (χ4v) is 4.62. The highest BCUT2D eigenvalue weighted by Crippen LogP contribution is 2.29. The zero-order valence-electron chi connectivity index (χ0n) is 28.0. The average Bonchev–Trinajstić information content (AvgIpc) is 2.89. The molecule has 0 radical (unpaired) electrons. The van der Waals surface area contributed by atoms with Crippen LogP contribution in [0.4, 0.5) is 0 Å². The zero-order valence-corrected chi connectivity index (χ0v) is 28.0. The molecule has 0 bridgehead atoms. The molecular weight excluding hydrogens is 546 g/mol. The maximum atomic E-state index is 14.1. The molecule has 0 aliphatic carbocycles. The molecular formula is C34H53N3O6. The number of carbonyl (C=O) groups excluding carboxylic acids is 4. The van der Waals surface area contributed by atoms with E-state index in [2.05, 4.69) is 17.2 Å². The van der Waals surface area contributed by atoms with Gasteiger partial charge in [0.1, 0.15) is 11.6 Å². The molecule has 3 atom stereocenters. The summed E-state index contributed by atoms with van der Waals surface area (Å²) in [5, 5.41) is 6.11. The van der Waals surface area contributed by atoms with Crippen molar-refractivity contribution in [3.63, 3.8) is 0 Å². The number of rotatable bonds is 14. The molecule has 2 amide bonds. The monoisotopic (exact) mass is 599 g/mol. The van der Waals surface area contributed by atoms with Crippen LogP contribution in [0.1, 0.15) is 81.2 Å². The molecule has 9 heteroatoms.